The molecule has 20 heavy (non-hydrogen) atoms. The second-order valence-corrected chi connectivity index (χ2v) is 3.92. The van der Waals surface area contributed by atoms with Crippen LogP contribution in [0.15, 0.2) is 23.1 Å². The van der Waals surface area contributed by atoms with E-state index in [4.69, 9.17) is 14.2 Å². The fraction of sp³-hybridized carbons (Fsp3) is 0.462. The van der Waals surface area contributed by atoms with Gasteiger partial charge in [0.1, 0.15) is 12.1 Å². The van der Waals surface area contributed by atoms with Crippen LogP contribution in [0.5, 0.6) is 5.88 Å². The van der Waals surface area contributed by atoms with Crippen molar-refractivity contribution >= 4 is 11.2 Å². The van der Waals surface area contributed by atoms with Gasteiger partial charge in [0, 0.05) is 19.3 Å². The lowest BCUT2D eigenvalue weighted by Crippen LogP contribution is -2.25. The van der Waals surface area contributed by atoms with Gasteiger partial charge in [-0.15, -0.1) is 0 Å². The molecule has 0 saturated carbocycles. The van der Waals surface area contributed by atoms with E-state index in [9.17, 15) is 4.79 Å². The third kappa shape index (κ3) is 3.75. The van der Waals surface area contributed by atoms with E-state index in [1.54, 1.807) is 6.07 Å². The van der Waals surface area contributed by atoms with Crippen molar-refractivity contribution in [2.75, 3.05) is 19.8 Å². The Kier molecular flexibility index (Phi) is 5.03. The molecule has 0 saturated heterocycles. The molecule has 7 nitrogen and oxygen atoms in total. The van der Waals surface area contributed by atoms with Crippen LogP contribution in [0.4, 0.5) is 0 Å². The van der Waals surface area contributed by atoms with E-state index in [1.165, 1.54) is 12.3 Å². The van der Waals surface area contributed by atoms with Gasteiger partial charge in [-0.25, -0.2) is 4.98 Å². The molecule has 0 atom stereocenters. The van der Waals surface area contributed by atoms with Crippen LogP contribution >= 0.6 is 0 Å². The SMILES string of the molecule is CCOC(COc1cnc2ccc(=O)[nH]c2n1)OCC. The van der Waals surface area contributed by atoms with Crippen molar-refractivity contribution in [2.24, 2.45) is 0 Å². The number of pyridine rings is 1. The van der Waals surface area contributed by atoms with Gasteiger partial charge in [-0.05, 0) is 19.9 Å². The topological polar surface area (TPSA) is 86.3 Å². The maximum absolute atomic E-state index is 11.2. The average Bonchev–Trinajstić information content (AvgIpc) is 2.44. The molecule has 2 aromatic heterocycles. The maximum atomic E-state index is 11.2. The van der Waals surface area contributed by atoms with Gasteiger partial charge in [0.25, 0.3) is 0 Å². The second-order valence-electron chi connectivity index (χ2n) is 3.92. The summed E-state index contributed by atoms with van der Waals surface area (Å²) < 4.78 is 16.2. The molecular weight excluding hydrogens is 262 g/mol. The van der Waals surface area contributed by atoms with E-state index in [2.05, 4.69) is 15.0 Å². The fourth-order valence-electron chi connectivity index (χ4n) is 1.65. The summed E-state index contributed by atoms with van der Waals surface area (Å²) in [4.78, 5) is 22.2. The van der Waals surface area contributed by atoms with E-state index in [-0.39, 0.29) is 12.2 Å². The minimum absolute atomic E-state index is 0.207. The molecule has 2 heterocycles. The van der Waals surface area contributed by atoms with Gasteiger partial charge >= 0.3 is 0 Å². The van der Waals surface area contributed by atoms with Crippen molar-refractivity contribution in [3.63, 3.8) is 0 Å². The summed E-state index contributed by atoms with van der Waals surface area (Å²) in [5.74, 6) is 0.309. The van der Waals surface area contributed by atoms with Crippen LogP contribution in [-0.2, 0) is 9.47 Å². The van der Waals surface area contributed by atoms with E-state index >= 15 is 0 Å². The number of fused-ring (bicyclic) bond motifs is 1. The van der Waals surface area contributed by atoms with Crippen molar-refractivity contribution in [2.45, 2.75) is 20.1 Å². The quantitative estimate of drug-likeness (QED) is 0.764. The number of hydrogen-bond acceptors (Lipinski definition) is 6. The lowest BCUT2D eigenvalue weighted by Gasteiger charge is -2.16. The molecule has 0 aliphatic carbocycles. The summed E-state index contributed by atoms with van der Waals surface area (Å²) in [7, 11) is 0. The summed E-state index contributed by atoms with van der Waals surface area (Å²) in [5.41, 5.74) is 0.757. The third-order valence-corrected chi connectivity index (χ3v) is 2.49. The standard InChI is InChI=1S/C13H17N3O4/c1-3-18-12(19-4-2)8-20-11-7-14-9-5-6-10(17)15-13(9)16-11/h5-7,12H,3-4,8H2,1-2H3,(H,15,16,17). The Bertz CT molecular complexity index is 608. The second kappa shape index (κ2) is 6.97. The van der Waals surface area contributed by atoms with Crippen molar-refractivity contribution in [1.29, 1.82) is 0 Å². The average molecular weight is 279 g/mol. The molecule has 0 radical (unpaired) electrons. The Morgan fingerprint density at radius 3 is 2.70 bits per heavy atom. The number of nitrogens with one attached hydrogen (secondary N) is 1. The number of H-pyrrole nitrogens is 1. The Balaban J connectivity index is 2.07. The zero-order valence-electron chi connectivity index (χ0n) is 11.5. The molecule has 0 aliphatic heterocycles. The summed E-state index contributed by atoms with van der Waals surface area (Å²) in [6, 6.07) is 3.01. The Morgan fingerprint density at radius 1 is 1.25 bits per heavy atom. The Labute approximate surface area is 115 Å². The van der Waals surface area contributed by atoms with Crippen molar-refractivity contribution < 1.29 is 14.2 Å². The highest BCUT2D eigenvalue weighted by atomic mass is 16.7. The Morgan fingerprint density at radius 2 is 2.00 bits per heavy atom. The first-order valence-corrected chi connectivity index (χ1v) is 6.45. The molecule has 7 heteroatoms. The molecule has 0 bridgehead atoms. The fourth-order valence-corrected chi connectivity index (χ4v) is 1.65. The molecule has 0 amide bonds. The number of nitrogens with zero attached hydrogens (tertiary/aromatic N) is 2. The normalized spacial score (nSPS) is 11.2. The molecule has 0 unspecified atom stereocenters. The van der Waals surface area contributed by atoms with Gasteiger partial charge in [0.2, 0.25) is 11.4 Å². The van der Waals surface area contributed by atoms with Crippen LogP contribution < -0.4 is 10.3 Å². The maximum Gasteiger partial charge on any atom is 0.249 e. The molecule has 0 aliphatic rings. The summed E-state index contributed by atoms with van der Waals surface area (Å²) in [5, 5.41) is 0. The van der Waals surface area contributed by atoms with Gasteiger partial charge < -0.3 is 19.2 Å². The van der Waals surface area contributed by atoms with E-state index in [1.807, 2.05) is 13.8 Å². The molecule has 2 rings (SSSR count). The highest BCUT2D eigenvalue weighted by molar-refractivity contribution is 5.69. The van der Waals surface area contributed by atoms with Gasteiger partial charge in [-0.1, -0.05) is 0 Å². The molecule has 0 spiro atoms. The van der Waals surface area contributed by atoms with Crippen LogP contribution in [0.2, 0.25) is 0 Å². The molecule has 2 aromatic rings. The number of ether oxygens (including phenoxy) is 3. The Hall–Kier alpha value is -1.99. The van der Waals surface area contributed by atoms with Gasteiger partial charge in [-0.3, -0.25) is 4.79 Å². The van der Waals surface area contributed by atoms with Gasteiger partial charge in [-0.2, -0.15) is 4.98 Å². The lowest BCUT2D eigenvalue weighted by molar-refractivity contribution is -0.152. The number of rotatable bonds is 7. The first-order chi connectivity index (χ1) is 9.72. The van der Waals surface area contributed by atoms with Crippen LogP contribution in [0, 0.1) is 0 Å². The first kappa shape index (κ1) is 14.4. The van der Waals surface area contributed by atoms with Crippen LogP contribution in [0.3, 0.4) is 0 Å². The van der Waals surface area contributed by atoms with Crippen molar-refractivity contribution in [3.05, 3.63) is 28.7 Å². The molecule has 108 valence electrons. The smallest absolute Gasteiger partial charge is 0.249 e. The predicted molar refractivity (Wildman–Crippen MR) is 72.7 cm³/mol. The molecule has 0 fully saturated rings. The number of aromatic nitrogens is 3. The number of aromatic amines is 1. The third-order valence-electron chi connectivity index (χ3n) is 2.49. The minimum atomic E-state index is -0.447. The van der Waals surface area contributed by atoms with Gasteiger partial charge in [0.05, 0.1) is 6.20 Å². The molecular formula is C13H17N3O4. The summed E-state index contributed by atoms with van der Waals surface area (Å²) in [6.45, 7) is 5.04. The lowest BCUT2D eigenvalue weighted by atomic mass is 10.4. The van der Waals surface area contributed by atoms with Crippen LogP contribution in [0.1, 0.15) is 13.8 Å². The minimum Gasteiger partial charge on any atom is -0.471 e. The highest BCUT2D eigenvalue weighted by Crippen LogP contribution is 2.10. The van der Waals surface area contributed by atoms with Gasteiger partial charge in [0.15, 0.2) is 11.9 Å². The summed E-state index contributed by atoms with van der Waals surface area (Å²) >= 11 is 0. The first-order valence-electron chi connectivity index (χ1n) is 6.45. The van der Waals surface area contributed by atoms with Crippen molar-refractivity contribution in [3.8, 4) is 5.88 Å². The highest BCUT2D eigenvalue weighted by Gasteiger charge is 2.10. The zero-order chi connectivity index (χ0) is 14.4. The number of hydrogen-bond donors (Lipinski definition) is 1. The molecule has 0 aromatic carbocycles. The predicted octanol–water partition coefficient (Wildman–Crippen LogP) is 1.10. The van der Waals surface area contributed by atoms with Crippen LogP contribution in [-0.4, -0.2) is 41.1 Å². The molecule has 1 N–H and O–H groups in total. The monoisotopic (exact) mass is 279 g/mol. The van der Waals surface area contributed by atoms with E-state index < -0.39 is 6.29 Å². The van der Waals surface area contributed by atoms with Crippen molar-refractivity contribution in [1.82, 2.24) is 15.0 Å². The van der Waals surface area contributed by atoms with E-state index in [0.717, 1.165) is 0 Å². The largest absolute Gasteiger partial charge is 0.471 e. The zero-order valence-corrected chi connectivity index (χ0v) is 11.5. The van der Waals surface area contributed by atoms with E-state index in [0.29, 0.717) is 30.3 Å². The summed E-state index contributed by atoms with van der Waals surface area (Å²) in [6.07, 6.45) is 1.05. The van der Waals surface area contributed by atoms with Crippen LogP contribution in [0.25, 0.3) is 11.2 Å².